The third-order valence-corrected chi connectivity index (χ3v) is 2.57. The van der Waals surface area contributed by atoms with Crippen LogP contribution in [0, 0.1) is 0 Å². The molecule has 1 fully saturated rings. The molecule has 6 heteroatoms. The molecule has 3 N–H and O–H groups in total. The fourth-order valence-corrected chi connectivity index (χ4v) is 1.72. The van der Waals surface area contributed by atoms with E-state index >= 15 is 0 Å². The number of nitrogens with one attached hydrogen (secondary N) is 3. The molecule has 0 unspecified atom stereocenters. The van der Waals surface area contributed by atoms with E-state index < -0.39 is 0 Å². The summed E-state index contributed by atoms with van der Waals surface area (Å²) in [5.74, 6) is -0.00578. The van der Waals surface area contributed by atoms with Crippen molar-refractivity contribution < 1.29 is 24.0 Å². The van der Waals surface area contributed by atoms with Crippen LogP contribution in [-0.4, -0.2) is 63.8 Å². The molecule has 0 saturated carbocycles. The van der Waals surface area contributed by atoms with Gasteiger partial charge in [0.15, 0.2) is 0 Å². The van der Waals surface area contributed by atoms with Crippen molar-refractivity contribution in [3.63, 3.8) is 0 Å². The van der Waals surface area contributed by atoms with Crippen LogP contribution in [0.3, 0.4) is 0 Å². The minimum Gasteiger partial charge on any atom is -0.875 e. The van der Waals surface area contributed by atoms with E-state index in [0.29, 0.717) is 6.54 Å². The Balaban J connectivity index is 0.00000256. The summed E-state index contributed by atoms with van der Waals surface area (Å²) in [5.41, 5.74) is 0. The van der Waals surface area contributed by atoms with Gasteiger partial charge in [-0.15, -0.1) is 12.3 Å². The monoisotopic (exact) mass is 234 g/mol. The predicted octanol–water partition coefficient (Wildman–Crippen LogP) is -5.05. The predicted molar refractivity (Wildman–Crippen MR) is 64.2 cm³/mol. The van der Waals surface area contributed by atoms with E-state index in [1.54, 1.807) is 0 Å². The van der Waals surface area contributed by atoms with E-state index in [2.05, 4.69) is 27.4 Å². The van der Waals surface area contributed by atoms with Crippen LogP contribution in [-0.2, 0) is 0 Å². The van der Waals surface area contributed by atoms with E-state index in [4.69, 9.17) is 0 Å². The summed E-state index contributed by atoms with van der Waals surface area (Å²) in [7, 11) is 0. The van der Waals surface area contributed by atoms with Crippen molar-refractivity contribution in [2.75, 3.05) is 58.9 Å². The summed E-state index contributed by atoms with van der Waals surface area (Å²) in [6, 6.07) is 0. The Kier molecular flexibility index (Phi) is 11.1. The molecule has 94 valence electrons. The Hall–Kier alpha value is -0.0226. The minimum atomic E-state index is -0.00578. The van der Waals surface area contributed by atoms with E-state index in [9.17, 15) is 5.11 Å². The van der Waals surface area contributed by atoms with Crippen LogP contribution in [0.2, 0.25) is 0 Å². The number of rotatable bonds is 2. The fraction of sp³-hybridized carbons (Fsp3) is 0.818. The van der Waals surface area contributed by atoms with Gasteiger partial charge in [-0.25, -0.2) is 0 Å². The standard InChI is InChI=1S/C11H24N4O.Li/c1-11(16)10-15-8-6-13-4-2-12-3-5-14-7-9-15;/h12-14,16H,1-10H2;/q;+1/p-1. The summed E-state index contributed by atoms with van der Waals surface area (Å²) in [5, 5.41) is 21.0. The summed E-state index contributed by atoms with van der Waals surface area (Å²) in [4.78, 5) is 2.14. The van der Waals surface area contributed by atoms with Crippen molar-refractivity contribution >= 4 is 0 Å². The van der Waals surface area contributed by atoms with Crippen LogP contribution in [0.15, 0.2) is 12.3 Å². The van der Waals surface area contributed by atoms with E-state index in [1.807, 2.05) is 0 Å². The fourth-order valence-electron chi connectivity index (χ4n) is 1.72. The van der Waals surface area contributed by atoms with Gasteiger partial charge in [-0.1, -0.05) is 0 Å². The molecule has 0 atom stereocenters. The first-order chi connectivity index (χ1) is 7.79. The zero-order valence-corrected chi connectivity index (χ0v) is 10.9. The number of nitrogens with zero attached hydrogens (tertiary/aromatic N) is 1. The Bertz CT molecular complexity index is 192. The normalized spacial score (nSPS) is 20.7. The first kappa shape index (κ1) is 17.0. The second kappa shape index (κ2) is 11.1. The van der Waals surface area contributed by atoms with Gasteiger partial charge in [0.2, 0.25) is 0 Å². The zero-order valence-electron chi connectivity index (χ0n) is 10.9. The van der Waals surface area contributed by atoms with E-state index in [-0.39, 0.29) is 24.6 Å². The third-order valence-electron chi connectivity index (χ3n) is 2.57. The zero-order chi connectivity index (χ0) is 11.6. The summed E-state index contributed by atoms with van der Waals surface area (Å²) < 4.78 is 0. The molecular weight excluding hydrogens is 211 g/mol. The average molecular weight is 234 g/mol. The van der Waals surface area contributed by atoms with Crippen LogP contribution in [0.25, 0.3) is 0 Å². The van der Waals surface area contributed by atoms with Crippen molar-refractivity contribution in [3.05, 3.63) is 12.3 Å². The molecule has 1 saturated heterocycles. The molecule has 0 radical (unpaired) electrons. The quantitative estimate of drug-likeness (QED) is 0.330. The molecule has 1 heterocycles. The van der Waals surface area contributed by atoms with Gasteiger partial charge in [0.25, 0.3) is 0 Å². The molecule has 1 aliphatic heterocycles. The maximum atomic E-state index is 11.0. The molecule has 0 aromatic rings. The largest absolute Gasteiger partial charge is 1.00 e. The van der Waals surface area contributed by atoms with Crippen molar-refractivity contribution in [3.8, 4) is 0 Å². The van der Waals surface area contributed by atoms with Gasteiger partial charge in [-0.05, 0) is 0 Å². The Morgan fingerprint density at radius 1 is 0.941 bits per heavy atom. The average Bonchev–Trinajstić information content (AvgIpc) is 2.21. The van der Waals surface area contributed by atoms with Gasteiger partial charge >= 0.3 is 18.9 Å². The van der Waals surface area contributed by atoms with E-state index in [0.717, 1.165) is 52.4 Å². The molecule has 5 nitrogen and oxygen atoms in total. The maximum absolute atomic E-state index is 11.0. The molecule has 0 amide bonds. The molecule has 0 spiro atoms. The van der Waals surface area contributed by atoms with Gasteiger partial charge in [0.05, 0.1) is 0 Å². The second-order valence-electron chi connectivity index (χ2n) is 4.06. The van der Waals surface area contributed by atoms with E-state index in [1.165, 1.54) is 0 Å². The molecule has 0 bridgehead atoms. The molecule has 0 aliphatic carbocycles. The summed E-state index contributed by atoms with van der Waals surface area (Å²) in [6.45, 7) is 11.5. The molecule has 1 aliphatic rings. The molecule has 0 aromatic heterocycles. The first-order valence-electron chi connectivity index (χ1n) is 5.98. The maximum Gasteiger partial charge on any atom is 1.00 e. The Labute approximate surface area is 116 Å². The molecular formula is C11H23LiN4O. The topological polar surface area (TPSA) is 62.4 Å². The molecule has 17 heavy (non-hydrogen) atoms. The van der Waals surface area contributed by atoms with Gasteiger partial charge < -0.3 is 21.1 Å². The molecule has 1 rings (SSSR count). The summed E-state index contributed by atoms with van der Waals surface area (Å²) in [6.07, 6.45) is 0. The van der Waals surface area contributed by atoms with Gasteiger partial charge in [0, 0.05) is 58.9 Å². The number of hydrogen-bond donors (Lipinski definition) is 3. The smallest absolute Gasteiger partial charge is 0.875 e. The number of hydrogen-bond acceptors (Lipinski definition) is 5. The molecule has 0 aromatic carbocycles. The van der Waals surface area contributed by atoms with Crippen molar-refractivity contribution in [1.82, 2.24) is 20.9 Å². The van der Waals surface area contributed by atoms with Gasteiger partial charge in [-0.2, -0.15) is 0 Å². The van der Waals surface area contributed by atoms with Gasteiger partial charge in [0.1, 0.15) is 0 Å². The Morgan fingerprint density at radius 2 is 1.35 bits per heavy atom. The minimum absolute atomic E-state index is 0. The van der Waals surface area contributed by atoms with Crippen molar-refractivity contribution in [2.24, 2.45) is 0 Å². The van der Waals surface area contributed by atoms with Crippen molar-refractivity contribution in [1.29, 1.82) is 0 Å². The third kappa shape index (κ3) is 9.66. The second-order valence-corrected chi connectivity index (χ2v) is 4.06. The van der Waals surface area contributed by atoms with Crippen LogP contribution in [0.5, 0.6) is 0 Å². The SMILES string of the molecule is C=C([O-])CN1CCNCCNCCNCC1.[Li+]. The summed E-state index contributed by atoms with van der Waals surface area (Å²) >= 11 is 0. The van der Waals surface area contributed by atoms with Crippen LogP contribution in [0.1, 0.15) is 0 Å². The van der Waals surface area contributed by atoms with Crippen molar-refractivity contribution in [2.45, 2.75) is 0 Å². The van der Waals surface area contributed by atoms with Gasteiger partial charge in [-0.3, -0.25) is 4.90 Å². The van der Waals surface area contributed by atoms with Crippen LogP contribution >= 0.6 is 0 Å². The Morgan fingerprint density at radius 3 is 1.76 bits per heavy atom. The van der Waals surface area contributed by atoms with Crippen LogP contribution < -0.4 is 39.9 Å². The first-order valence-corrected chi connectivity index (χ1v) is 5.98. The van der Waals surface area contributed by atoms with Crippen LogP contribution in [0.4, 0.5) is 0 Å².